The van der Waals surface area contributed by atoms with Crippen LogP contribution < -0.4 is 0 Å². The second-order valence-electron chi connectivity index (χ2n) is 3.87. The quantitative estimate of drug-likeness (QED) is 0.881. The molecule has 88 valence electrons. The summed E-state index contributed by atoms with van der Waals surface area (Å²) in [5, 5.41) is 9.14. The van der Waals surface area contributed by atoms with Crippen LogP contribution in [0.2, 0.25) is 0 Å². The lowest BCUT2D eigenvalue weighted by Gasteiger charge is -2.06. The number of aryl methyl sites for hydroxylation is 2. The normalized spacial score (nSPS) is 10.5. The highest BCUT2D eigenvalue weighted by Crippen LogP contribution is 2.15. The van der Waals surface area contributed by atoms with E-state index < -0.39 is 5.97 Å². The van der Waals surface area contributed by atoms with E-state index in [4.69, 9.17) is 5.11 Å². The number of hydrogen-bond acceptors (Lipinski definition) is 2. The Morgan fingerprint density at radius 1 is 1.35 bits per heavy atom. The molecule has 0 atom stereocenters. The Balaban J connectivity index is 2.49. The zero-order chi connectivity index (χ0) is 12.4. The summed E-state index contributed by atoms with van der Waals surface area (Å²) in [5.41, 5.74) is 2.79. The predicted octanol–water partition coefficient (Wildman–Crippen LogP) is 2.44. The fourth-order valence-corrected chi connectivity index (χ4v) is 1.78. The van der Waals surface area contributed by atoms with Crippen LogP contribution in [0.1, 0.15) is 28.7 Å². The van der Waals surface area contributed by atoms with Gasteiger partial charge in [0.15, 0.2) is 5.69 Å². The highest BCUT2D eigenvalue weighted by atomic mass is 16.4. The van der Waals surface area contributed by atoms with Crippen LogP contribution in [0.5, 0.6) is 0 Å². The van der Waals surface area contributed by atoms with Gasteiger partial charge in [0, 0.05) is 5.69 Å². The molecule has 1 heterocycles. The largest absolute Gasteiger partial charge is 0.477 e. The first kappa shape index (κ1) is 11.4. The fraction of sp³-hybridized carbons (Fsp3) is 0.231. The molecule has 4 heteroatoms. The molecule has 0 aliphatic carbocycles. The first-order valence-electron chi connectivity index (χ1n) is 5.50. The van der Waals surface area contributed by atoms with Crippen molar-refractivity contribution < 1.29 is 9.90 Å². The molecule has 0 radical (unpaired) electrons. The summed E-state index contributed by atoms with van der Waals surface area (Å²) in [6.45, 7) is 3.78. The Kier molecular flexibility index (Phi) is 2.95. The van der Waals surface area contributed by atoms with Crippen LogP contribution in [0.3, 0.4) is 0 Å². The number of hydrogen-bond donors (Lipinski definition) is 1. The van der Waals surface area contributed by atoms with Crippen LogP contribution >= 0.6 is 0 Å². The summed E-state index contributed by atoms with van der Waals surface area (Å²) >= 11 is 0. The summed E-state index contributed by atoms with van der Waals surface area (Å²) < 4.78 is 1.59. The first-order chi connectivity index (χ1) is 8.13. The van der Waals surface area contributed by atoms with Gasteiger partial charge in [-0.3, -0.25) is 4.57 Å². The minimum Gasteiger partial charge on any atom is -0.477 e. The van der Waals surface area contributed by atoms with Gasteiger partial charge in [0.25, 0.3) is 0 Å². The van der Waals surface area contributed by atoms with Crippen molar-refractivity contribution in [3.05, 3.63) is 47.5 Å². The molecule has 4 nitrogen and oxygen atoms in total. The number of benzene rings is 1. The summed E-state index contributed by atoms with van der Waals surface area (Å²) in [6, 6.07) is 7.81. The lowest BCUT2D eigenvalue weighted by molar-refractivity contribution is 0.0687. The average molecular weight is 230 g/mol. The van der Waals surface area contributed by atoms with Gasteiger partial charge in [0.1, 0.15) is 6.33 Å². The third-order valence-corrected chi connectivity index (χ3v) is 2.78. The number of aromatic nitrogens is 2. The molecule has 17 heavy (non-hydrogen) atoms. The predicted molar refractivity (Wildman–Crippen MR) is 64.6 cm³/mol. The number of nitrogens with zero attached hydrogens (tertiary/aromatic N) is 2. The molecule has 0 saturated heterocycles. The van der Waals surface area contributed by atoms with Crippen LogP contribution in [-0.4, -0.2) is 20.6 Å². The summed E-state index contributed by atoms with van der Waals surface area (Å²) in [5.74, 6) is -0.959. The lowest BCUT2D eigenvalue weighted by Crippen LogP contribution is -2.07. The van der Waals surface area contributed by atoms with Gasteiger partial charge in [-0.1, -0.05) is 19.1 Å². The maximum absolute atomic E-state index is 11.1. The summed E-state index contributed by atoms with van der Waals surface area (Å²) in [4.78, 5) is 15.2. The molecule has 0 unspecified atom stereocenters. The monoisotopic (exact) mass is 230 g/mol. The van der Waals surface area contributed by atoms with Gasteiger partial charge in [-0.2, -0.15) is 0 Å². The summed E-state index contributed by atoms with van der Waals surface area (Å²) in [6.07, 6.45) is 2.51. The molecule has 1 N–H and O–H groups in total. The van der Waals surface area contributed by atoms with Crippen molar-refractivity contribution in [1.29, 1.82) is 0 Å². The Bertz CT molecular complexity index is 541. The van der Waals surface area contributed by atoms with Gasteiger partial charge >= 0.3 is 5.97 Å². The second kappa shape index (κ2) is 4.41. The molecule has 2 aromatic rings. The molecule has 2 rings (SSSR count). The van der Waals surface area contributed by atoms with Crippen LogP contribution in [0.25, 0.3) is 5.69 Å². The Morgan fingerprint density at radius 2 is 2.00 bits per heavy atom. The highest BCUT2D eigenvalue weighted by Gasteiger charge is 2.15. The fourth-order valence-electron chi connectivity index (χ4n) is 1.78. The van der Waals surface area contributed by atoms with Crippen LogP contribution in [0, 0.1) is 6.92 Å². The van der Waals surface area contributed by atoms with E-state index in [1.54, 1.807) is 17.8 Å². The smallest absolute Gasteiger partial charge is 0.354 e. The third-order valence-electron chi connectivity index (χ3n) is 2.78. The third kappa shape index (κ3) is 2.06. The van der Waals surface area contributed by atoms with Crippen LogP contribution in [0.15, 0.2) is 30.6 Å². The molecule has 0 aliphatic rings. The Hall–Kier alpha value is -2.10. The molecule has 0 bridgehead atoms. The molecule has 0 aliphatic heterocycles. The van der Waals surface area contributed by atoms with Gasteiger partial charge in [0.05, 0.1) is 5.69 Å². The second-order valence-corrected chi connectivity index (χ2v) is 3.87. The molecule has 0 saturated carbocycles. The van der Waals surface area contributed by atoms with Gasteiger partial charge in [0.2, 0.25) is 0 Å². The first-order valence-corrected chi connectivity index (χ1v) is 5.50. The molecule has 0 amide bonds. The number of carboxylic acids is 1. The van der Waals surface area contributed by atoms with Crippen molar-refractivity contribution in [2.75, 3.05) is 0 Å². The van der Waals surface area contributed by atoms with Gasteiger partial charge in [-0.25, -0.2) is 9.78 Å². The molecular weight excluding hydrogens is 216 g/mol. The topological polar surface area (TPSA) is 55.1 Å². The van der Waals surface area contributed by atoms with E-state index in [2.05, 4.69) is 11.9 Å². The van der Waals surface area contributed by atoms with Crippen LogP contribution in [-0.2, 0) is 6.42 Å². The van der Waals surface area contributed by atoms with E-state index in [-0.39, 0.29) is 5.69 Å². The number of carbonyl (C=O) groups is 1. The molecule has 0 spiro atoms. The molecule has 1 aromatic heterocycles. The minimum atomic E-state index is -0.959. The van der Waals surface area contributed by atoms with Crippen molar-refractivity contribution in [3.63, 3.8) is 0 Å². The van der Waals surface area contributed by atoms with E-state index in [0.717, 1.165) is 12.1 Å². The van der Waals surface area contributed by atoms with Crippen molar-refractivity contribution >= 4 is 5.97 Å². The number of rotatable bonds is 3. The zero-order valence-electron chi connectivity index (χ0n) is 9.84. The van der Waals surface area contributed by atoms with E-state index >= 15 is 0 Å². The molecule has 0 fully saturated rings. The van der Waals surface area contributed by atoms with Gasteiger partial charge in [-0.15, -0.1) is 0 Å². The Morgan fingerprint density at radius 3 is 2.53 bits per heavy atom. The Labute approximate surface area is 99.5 Å². The summed E-state index contributed by atoms with van der Waals surface area (Å²) in [7, 11) is 0. The van der Waals surface area contributed by atoms with E-state index in [9.17, 15) is 4.79 Å². The molecular formula is C13H14N2O2. The standard InChI is InChI=1S/C13H14N2O2/c1-3-10-4-6-11(7-5-10)15-8-14-9(2)12(15)13(16)17/h4-8H,3H2,1-2H3,(H,16,17). The zero-order valence-corrected chi connectivity index (χ0v) is 9.84. The van der Waals surface area contributed by atoms with Gasteiger partial charge < -0.3 is 5.11 Å². The van der Waals surface area contributed by atoms with E-state index in [1.807, 2.05) is 24.3 Å². The van der Waals surface area contributed by atoms with Crippen LogP contribution in [0.4, 0.5) is 0 Å². The average Bonchev–Trinajstić information content (AvgIpc) is 2.71. The lowest BCUT2D eigenvalue weighted by atomic mass is 10.1. The SMILES string of the molecule is CCc1ccc(-n2cnc(C)c2C(=O)O)cc1. The van der Waals surface area contributed by atoms with Gasteiger partial charge in [-0.05, 0) is 31.0 Å². The maximum Gasteiger partial charge on any atom is 0.354 e. The highest BCUT2D eigenvalue weighted by molar-refractivity contribution is 5.87. The van der Waals surface area contributed by atoms with Crippen molar-refractivity contribution in [2.45, 2.75) is 20.3 Å². The van der Waals surface area contributed by atoms with E-state index in [1.165, 1.54) is 5.56 Å². The van der Waals surface area contributed by atoms with Crippen molar-refractivity contribution in [1.82, 2.24) is 9.55 Å². The number of carboxylic acid groups (broad SMARTS) is 1. The maximum atomic E-state index is 11.1. The van der Waals surface area contributed by atoms with E-state index in [0.29, 0.717) is 5.69 Å². The van der Waals surface area contributed by atoms with Crippen molar-refractivity contribution in [3.8, 4) is 5.69 Å². The number of imidazole rings is 1. The van der Waals surface area contributed by atoms with Crippen molar-refractivity contribution in [2.24, 2.45) is 0 Å². The number of aromatic carboxylic acids is 1. The minimum absolute atomic E-state index is 0.217. The molecule has 1 aromatic carbocycles.